The Hall–Kier alpha value is -1.75. The number of amides is 1. The maximum Gasteiger partial charge on any atom is 0.296 e. The van der Waals surface area contributed by atoms with E-state index in [9.17, 15) is 9.59 Å². The van der Waals surface area contributed by atoms with Gasteiger partial charge in [0.2, 0.25) is 0 Å². The summed E-state index contributed by atoms with van der Waals surface area (Å²) in [7, 11) is 0. The third-order valence-corrected chi connectivity index (χ3v) is 2.26. The minimum atomic E-state index is -0.536. The van der Waals surface area contributed by atoms with E-state index < -0.39 is 11.7 Å². The highest BCUT2D eigenvalue weighted by atomic mass is 32.1. The Morgan fingerprint density at radius 1 is 1.38 bits per heavy atom. The van der Waals surface area contributed by atoms with Crippen LogP contribution in [0.3, 0.4) is 0 Å². The first-order valence-electron chi connectivity index (χ1n) is 4.79. The van der Waals surface area contributed by atoms with E-state index >= 15 is 0 Å². The topological polar surface area (TPSA) is 72.2 Å². The Morgan fingerprint density at radius 3 is 2.44 bits per heavy atom. The van der Waals surface area contributed by atoms with E-state index in [1.807, 2.05) is 6.92 Å². The summed E-state index contributed by atoms with van der Waals surface area (Å²) in [5.41, 5.74) is 6.11. The van der Waals surface area contributed by atoms with Crippen molar-refractivity contribution < 1.29 is 9.59 Å². The van der Waals surface area contributed by atoms with Gasteiger partial charge in [-0.2, -0.15) is 0 Å². The molecule has 0 fully saturated rings. The highest BCUT2D eigenvalue weighted by molar-refractivity contribution is 7.80. The van der Waals surface area contributed by atoms with Crippen LogP contribution in [0, 0.1) is 0 Å². The van der Waals surface area contributed by atoms with Crippen LogP contribution >= 0.6 is 12.2 Å². The summed E-state index contributed by atoms with van der Waals surface area (Å²) in [5.74, 6) is -0.980. The second kappa shape index (κ2) is 5.37. The van der Waals surface area contributed by atoms with E-state index in [4.69, 9.17) is 5.73 Å². The number of thiocarbonyl (C=S) groups is 1. The molecule has 0 aromatic heterocycles. The molecule has 16 heavy (non-hydrogen) atoms. The molecule has 0 saturated heterocycles. The van der Waals surface area contributed by atoms with Crippen LogP contribution in [-0.2, 0) is 4.79 Å². The number of carbonyl (C=O) groups excluding carboxylic acids is 2. The van der Waals surface area contributed by atoms with Crippen molar-refractivity contribution in [2.75, 3.05) is 5.32 Å². The fourth-order valence-corrected chi connectivity index (χ4v) is 1.09. The third kappa shape index (κ3) is 2.87. The summed E-state index contributed by atoms with van der Waals surface area (Å²) >= 11 is 4.47. The molecule has 4 nitrogen and oxygen atoms in total. The average molecular weight is 236 g/mol. The second-order valence-corrected chi connectivity index (χ2v) is 3.67. The molecule has 1 heterocycles. The molecule has 1 aromatic carbocycles. The average Bonchev–Trinajstić information content (AvgIpc) is 2.56. The second-order valence-electron chi connectivity index (χ2n) is 3.15. The SMILES string of the molecule is CCC(N)=S.O=C1Nc2ccccc2C1=O. The van der Waals surface area contributed by atoms with E-state index in [0.29, 0.717) is 16.2 Å². The van der Waals surface area contributed by atoms with Crippen LogP contribution in [0.2, 0.25) is 0 Å². The summed E-state index contributed by atoms with van der Waals surface area (Å²) in [6.07, 6.45) is 0.815. The van der Waals surface area contributed by atoms with Crippen LogP contribution in [0.25, 0.3) is 0 Å². The third-order valence-electron chi connectivity index (χ3n) is 1.97. The fraction of sp³-hybridized carbons (Fsp3) is 0.182. The van der Waals surface area contributed by atoms with Gasteiger partial charge in [-0.3, -0.25) is 9.59 Å². The summed E-state index contributed by atoms with van der Waals surface area (Å²) < 4.78 is 0. The predicted octanol–water partition coefficient (Wildman–Crippen LogP) is 1.50. The van der Waals surface area contributed by atoms with Crippen molar-refractivity contribution in [3.05, 3.63) is 29.8 Å². The first kappa shape index (κ1) is 12.3. The Bertz CT molecular complexity index is 443. The van der Waals surface area contributed by atoms with Crippen molar-refractivity contribution in [3.63, 3.8) is 0 Å². The summed E-state index contributed by atoms with van der Waals surface area (Å²) in [6, 6.07) is 6.85. The smallest absolute Gasteiger partial charge is 0.296 e. The molecule has 0 bridgehead atoms. The van der Waals surface area contributed by atoms with Gasteiger partial charge in [0, 0.05) is 0 Å². The quantitative estimate of drug-likeness (QED) is 0.572. The number of ketones is 1. The number of Topliss-reactive ketones (excluding diaryl/α,β-unsaturated/α-hetero) is 1. The van der Waals surface area contributed by atoms with Crippen molar-refractivity contribution in [2.45, 2.75) is 13.3 Å². The highest BCUT2D eigenvalue weighted by Gasteiger charge is 2.26. The number of rotatable bonds is 1. The number of benzene rings is 1. The Balaban J connectivity index is 0.000000221. The van der Waals surface area contributed by atoms with Gasteiger partial charge in [0.05, 0.1) is 16.2 Å². The van der Waals surface area contributed by atoms with E-state index in [0.717, 1.165) is 6.42 Å². The van der Waals surface area contributed by atoms with Gasteiger partial charge in [-0.1, -0.05) is 31.3 Å². The van der Waals surface area contributed by atoms with Crippen molar-refractivity contribution in [1.29, 1.82) is 0 Å². The molecule has 1 aliphatic rings. The molecule has 0 atom stereocenters. The molecule has 0 spiro atoms. The zero-order valence-corrected chi connectivity index (χ0v) is 9.64. The maximum atomic E-state index is 11.0. The molecule has 0 saturated carbocycles. The standard InChI is InChI=1S/C8H5NO2.C3H7NS/c10-7-5-3-1-2-4-6(5)9-8(7)11;1-2-3(4)5/h1-4H,(H,9,10,11);2H2,1H3,(H2,4,5). The molecule has 84 valence electrons. The normalized spacial score (nSPS) is 12.3. The lowest BCUT2D eigenvalue weighted by atomic mass is 10.1. The first-order chi connectivity index (χ1) is 7.56. The van der Waals surface area contributed by atoms with E-state index in [1.165, 1.54) is 0 Å². The Labute approximate surface area is 98.8 Å². The van der Waals surface area contributed by atoms with Crippen LogP contribution in [0.15, 0.2) is 24.3 Å². The molecule has 1 aromatic rings. The molecule has 3 N–H and O–H groups in total. The van der Waals surface area contributed by atoms with E-state index in [1.54, 1.807) is 24.3 Å². The molecule has 2 rings (SSSR count). The Morgan fingerprint density at radius 2 is 1.94 bits per heavy atom. The first-order valence-corrected chi connectivity index (χ1v) is 5.20. The largest absolute Gasteiger partial charge is 0.393 e. The summed E-state index contributed by atoms with van der Waals surface area (Å²) in [4.78, 5) is 22.3. The number of fused-ring (bicyclic) bond motifs is 1. The molecule has 0 unspecified atom stereocenters. The number of hydrogen-bond acceptors (Lipinski definition) is 3. The van der Waals surface area contributed by atoms with Gasteiger partial charge in [-0.15, -0.1) is 0 Å². The van der Waals surface area contributed by atoms with Crippen molar-refractivity contribution in [3.8, 4) is 0 Å². The minimum Gasteiger partial charge on any atom is -0.393 e. The lowest BCUT2D eigenvalue weighted by molar-refractivity contribution is -0.112. The van der Waals surface area contributed by atoms with Gasteiger partial charge in [0.1, 0.15) is 0 Å². The van der Waals surface area contributed by atoms with Gasteiger partial charge >= 0.3 is 0 Å². The van der Waals surface area contributed by atoms with Crippen LogP contribution in [0.5, 0.6) is 0 Å². The van der Waals surface area contributed by atoms with E-state index in [-0.39, 0.29) is 0 Å². The lowest BCUT2D eigenvalue weighted by Crippen LogP contribution is -2.12. The lowest BCUT2D eigenvalue weighted by Gasteiger charge is -1.91. The Kier molecular flexibility index (Phi) is 4.13. The number of carbonyl (C=O) groups is 2. The zero-order chi connectivity index (χ0) is 12.1. The predicted molar refractivity (Wildman–Crippen MR) is 66.5 cm³/mol. The number of hydrogen-bond donors (Lipinski definition) is 2. The molecule has 5 heteroatoms. The monoisotopic (exact) mass is 236 g/mol. The van der Waals surface area contributed by atoms with Gasteiger partial charge < -0.3 is 11.1 Å². The zero-order valence-electron chi connectivity index (χ0n) is 8.82. The van der Waals surface area contributed by atoms with Gasteiger partial charge in [-0.25, -0.2) is 0 Å². The summed E-state index contributed by atoms with van der Waals surface area (Å²) in [6.45, 7) is 1.93. The van der Waals surface area contributed by atoms with Crippen molar-refractivity contribution >= 4 is 34.6 Å². The van der Waals surface area contributed by atoms with Crippen LogP contribution in [0.4, 0.5) is 5.69 Å². The van der Waals surface area contributed by atoms with Crippen LogP contribution in [0.1, 0.15) is 23.7 Å². The van der Waals surface area contributed by atoms with Crippen molar-refractivity contribution in [2.24, 2.45) is 5.73 Å². The maximum absolute atomic E-state index is 11.0. The molecule has 1 aliphatic heterocycles. The van der Waals surface area contributed by atoms with Gasteiger partial charge in [-0.05, 0) is 18.6 Å². The summed E-state index contributed by atoms with van der Waals surface area (Å²) in [5, 5.41) is 2.46. The fourth-order valence-electron chi connectivity index (χ4n) is 1.09. The van der Waals surface area contributed by atoms with Crippen molar-refractivity contribution in [1.82, 2.24) is 0 Å². The van der Waals surface area contributed by atoms with Gasteiger partial charge in [0.25, 0.3) is 11.7 Å². The van der Waals surface area contributed by atoms with E-state index in [2.05, 4.69) is 17.5 Å². The minimum absolute atomic E-state index is 0.444. The molecule has 0 aliphatic carbocycles. The highest BCUT2D eigenvalue weighted by Crippen LogP contribution is 2.21. The molecule has 0 radical (unpaired) electrons. The van der Waals surface area contributed by atoms with Gasteiger partial charge in [0.15, 0.2) is 0 Å². The molecule has 1 amide bonds. The number of nitrogens with two attached hydrogens (primary N) is 1. The molecular weight excluding hydrogens is 224 g/mol. The number of anilines is 1. The van der Waals surface area contributed by atoms with Crippen LogP contribution < -0.4 is 11.1 Å². The number of para-hydroxylation sites is 1. The number of nitrogens with one attached hydrogen (secondary N) is 1. The molecular formula is C11H12N2O2S. The van der Waals surface area contributed by atoms with Crippen LogP contribution in [-0.4, -0.2) is 16.7 Å².